The predicted octanol–water partition coefficient (Wildman–Crippen LogP) is 2.75. The highest BCUT2D eigenvalue weighted by Gasteiger charge is 2.29. The third kappa shape index (κ3) is 2.58. The van der Waals surface area contributed by atoms with Crippen LogP contribution in [0.15, 0.2) is 23.8 Å². The van der Waals surface area contributed by atoms with E-state index in [1.165, 1.54) is 0 Å². The molecule has 0 unspecified atom stereocenters. The van der Waals surface area contributed by atoms with Gasteiger partial charge in [-0.15, -0.1) is 11.3 Å². The number of nitrogens with zero attached hydrogens (tertiary/aromatic N) is 5. The van der Waals surface area contributed by atoms with E-state index in [2.05, 4.69) is 15.1 Å². The van der Waals surface area contributed by atoms with Crippen LogP contribution in [0.4, 0.5) is 0 Å². The molecule has 4 rings (SSSR count). The molecule has 6 nitrogen and oxygen atoms in total. The first kappa shape index (κ1) is 15.3. The zero-order chi connectivity index (χ0) is 16.7. The summed E-state index contributed by atoms with van der Waals surface area (Å²) in [6.45, 7) is 3.52. The zero-order valence-electron chi connectivity index (χ0n) is 13.8. The third-order valence-electron chi connectivity index (χ3n) is 4.56. The first-order chi connectivity index (χ1) is 11.6. The summed E-state index contributed by atoms with van der Waals surface area (Å²) in [6.07, 6.45) is 5.39. The summed E-state index contributed by atoms with van der Waals surface area (Å²) in [6, 6.07) is 1.97. The van der Waals surface area contributed by atoms with E-state index < -0.39 is 0 Å². The van der Waals surface area contributed by atoms with Gasteiger partial charge in [-0.2, -0.15) is 5.10 Å². The Bertz CT molecular complexity index is 899. The van der Waals surface area contributed by atoms with Gasteiger partial charge in [-0.05, 0) is 25.8 Å². The van der Waals surface area contributed by atoms with E-state index in [0.717, 1.165) is 46.7 Å². The van der Waals surface area contributed by atoms with Gasteiger partial charge < -0.3 is 4.90 Å². The summed E-state index contributed by atoms with van der Waals surface area (Å²) >= 11 is 1.62. The van der Waals surface area contributed by atoms with Crippen LogP contribution in [0.25, 0.3) is 11.2 Å². The van der Waals surface area contributed by atoms with Gasteiger partial charge in [-0.25, -0.2) is 14.6 Å². The Morgan fingerprint density at radius 3 is 2.96 bits per heavy atom. The van der Waals surface area contributed by atoms with Crippen LogP contribution in [0, 0.1) is 6.92 Å². The maximum atomic E-state index is 12.7. The molecule has 1 aliphatic rings. The number of rotatable bonds is 2. The molecule has 0 spiro atoms. The molecule has 1 aliphatic heterocycles. The maximum absolute atomic E-state index is 12.7. The van der Waals surface area contributed by atoms with Crippen LogP contribution >= 0.6 is 11.3 Å². The summed E-state index contributed by atoms with van der Waals surface area (Å²) in [5.74, 6) is 0.332. The number of piperidine rings is 1. The minimum Gasteiger partial charge on any atom is -0.338 e. The smallest absolute Gasteiger partial charge is 0.254 e. The molecule has 0 saturated carbocycles. The van der Waals surface area contributed by atoms with Crippen molar-refractivity contribution in [3.05, 3.63) is 40.0 Å². The molecule has 1 atom stereocenters. The minimum absolute atomic E-state index is 0.121. The van der Waals surface area contributed by atoms with Crippen molar-refractivity contribution in [1.82, 2.24) is 24.6 Å². The van der Waals surface area contributed by atoms with Gasteiger partial charge in [0.2, 0.25) is 0 Å². The summed E-state index contributed by atoms with van der Waals surface area (Å²) in [4.78, 5) is 24.7. The number of aromatic nitrogens is 4. The van der Waals surface area contributed by atoms with Crippen LogP contribution in [0.2, 0.25) is 0 Å². The summed E-state index contributed by atoms with van der Waals surface area (Å²) in [5, 5.41) is 6.59. The van der Waals surface area contributed by atoms with Crippen molar-refractivity contribution in [2.24, 2.45) is 7.05 Å². The monoisotopic (exact) mass is 341 g/mol. The average Bonchev–Trinajstić information content (AvgIpc) is 3.19. The van der Waals surface area contributed by atoms with E-state index in [4.69, 9.17) is 0 Å². The third-order valence-corrected chi connectivity index (χ3v) is 5.42. The van der Waals surface area contributed by atoms with Gasteiger partial charge in [0.05, 0.1) is 11.3 Å². The Kier molecular flexibility index (Phi) is 3.80. The number of carbonyl (C=O) groups excluding carboxylic acids is 1. The maximum Gasteiger partial charge on any atom is 0.254 e. The molecule has 3 aromatic rings. The molecule has 3 aromatic heterocycles. The normalized spacial score (nSPS) is 18.2. The number of fused-ring (bicyclic) bond motifs is 1. The minimum atomic E-state index is 0.121. The van der Waals surface area contributed by atoms with E-state index in [0.29, 0.717) is 6.54 Å². The fraction of sp³-hybridized carbons (Fsp3) is 0.412. The Hall–Kier alpha value is -2.28. The van der Waals surface area contributed by atoms with Gasteiger partial charge in [-0.3, -0.25) is 4.79 Å². The molecule has 0 aromatic carbocycles. The first-order valence-electron chi connectivity index (χ1n) is 8.11. The van der Waals surface area contributed by atoms with Crippen molar-refractivity contribution in [3.63, 3.8) is 0 Å². The average molecular weight is 341 g/mol. The predicted molar refractivity (Wildman–Crippen MR) is 93.2 cm³/mol. The molecule has 0 bridgehead atoms. The van der Waals surface area contributed by atoms with Crippen LogP contribution in [0.1, 0.15) is 39.7 Å². The van der Waals surface area contributed by atoms with Crippen molar-refractivity contribution in [2.45, 2.75) is 25.7 Å². The lowest BCUT2D eigenvalue weighted by molar-refractivity contribution is 0.0706. The highest BCUT2D eigenvalue weighted by molar-refractivity contribution is 7.10. The Balaban J connectivity index is 1.61. The number of carbonyl (C=O) groups is 1. The Morgan fingerprint density at radius 1 is 1.33 bits per heavy atom. The molecule has 124 valence electrons. The first-order valence-corrected chi connectivity index (χ1v) is 8.99. The number of thiophene rings is 1. The SMILES string of the molecule is Cc1cc(C(=O)N2CCC[C@H](c3nn(C)c4nccnc34)C2)cs1. The van der Waals surface area contributed by atoms with E-state index >= 15 is 0 Å². The lowest BCUT2D eigenvalue weighted by atomic mass is 9.94. The van der Waals surface area contributed by atoms with Crippen molar-refractivity contribution < 1.29 is 4.79 Å². The highest BCUT2D eigenvalue weighted by Crippen LogP contribution is 2.30. The number of aryl methyl sites for hydroxylation is 2. The number of amides is 1. The molecule has 24 heavy (non-hydrogen) atoms. The summed E-state index contributed by atoms with van der Waals surface area (Å²) in [5.41, 5.74) is 3.40. The van der Waals surface area contributed by atoms with Crippen LogP contribution in [0.3, 0.4) is 0 Å². The second kappa shape index (κ2) is 5.98. The van der Waals surface area contributed by atoms with Gasteiger partial charge in [0, 0.05) is 48.7 Å². The van der Waals surface area contributed by atoms with Crippen LogP contribution in [-0.4, -0.2) is 43.6 Å². The fourth-order valence-electron chi connectivity index (χ4n) is 3.40. The molecular formula is C17H19N5OS. The number of hydrogen-bond donors (Lipinski definition) is 0. The largest absolute Gasteiger partial charge is 0.338 e. The van der Waals surface area contributed by atoms with Crippen molar-refractivity contribution in [2.75, 3.05) is 13.1 Å². The topological polar surface area (TPSA) is 63.9 Å². The highest BCUT2D eigenvalue weighted by atomic mass is 32.1. The second-order valence-electron chi connectivity index (χ2n) is 6.27. The molecule has 7 heteroatoms. The van der Waals surface area contributed by atoms with E-state index in [1.807, 2.05) is 30.3 Å². The molecule has 0 radical (unpaired) electrons. The van der Waals surface area contributed by atoms with Gasteiger partial charge in [0.25, 0.3) is 5.91 Å². The van der Waals surface area contributed by atoms with E-state index in [-0.39, 0.29) is 11.8 Å². The Morgan fingerprint density at radius 2 is 2.17 bits per heavy atom. The van der Waals surface area contributed by atoms with E-state index in [1.54, 1.807) is 28.4 Å². The standard InChI is InChI=1S/C17H19N5OS/c1-11-8-13(10-24-11)17(23)22-7-3-4-12(9-22)14-15-16(21(2)20-14)19-6-5-18-15/h5-6,8,10,12H,3-4,7,9H2,1-2H3/t12-/m0/s1. The fourth-order valence-corrected chi connectivity index (χ4v) is 4.08. The quantitative estimate of drug-likeness (QED) is 0.719. The van der Waals surface area contributed by atoms with Crippen molar-refractivity contribution in [3.8, 4) is 0 Å². The molecule has 0 aliphatic carbocycles. The lowest BCUT2D eigenvalue weighted by Gasteiger charge is -2.31. The second-order valence-corrected chi connectivity index (χ2v) is 7.39. The van der Waals surface area contributed by atoms with Crippen LogP contribution in [-0.2, 0) is 7.05 Å². The molecule has 4 heterocycles. The molecule has 1 amide bonds. The van der Waals surface area contributed by atoms with Gasteiger partial charge in [0.15, 0.2) is 5.65 Å². The van der Waals surface area contributed by atoms with Gasteiger partial charge in [0.1, 0.15) is 5.52 Å². The Labute approximate surface area is 144 Å². The van der Waals surface area contributed by atoms with Gasteiger partial charge in [-0.1, -0.05) is 0 Å². The van der Waals surface area contributed by atoms with Crippen molar-refractivity contribution in [1.29, 1.82) is 0 Å². The molecule has 0 N–H and O–H groups in total. The van der Waals surface area contributed by atoms with Crippen molar-refractivity contribution >= 4 is 28.4 Å². The number of hydrogen-bond acceptors (Lipinski definition) is 5. The number of likely N-dealkylation sites (tertiary alicyclic amines) is 1. The summed E-state index contributed by atoms with van der Waals surface area (Å²) < 4.78 is 1.78. The van der Waals surface area contributed by atoms with Crippen LogP contribution in [0.5, 0.6) is 0 Å². The molecular weight excluding hydrogens is 322 g/mol. The van der Waals surface area contributed by atoms with Gasteiger partial charge >= 0.3 is 0 Å². The zero-order valence-corrected chi connectivity index (χ0v) is 14.6. The summed E-state index contributed by atoms with van der Waals surface area (Å²) in [7, 11) is 1.89. The van der Waals surface area contributed by atoms with Crippen LogP contribution < -0.4 is 0 Å². The molecule has 1 fully saturated rings. The molecule has 1 saturated heterocycles. The lowest BCUT2D eigenvalue weighted by Crippen LogP contribution is -2.39. The van der Waals surface area contributed by atoms with E-state index in [9.17, 15) is 4.79 Å².